The maximum Gasteiger partial charge on any atom is 0.258 e. The molecule has 1 heterocycles. The molecule has 2 aromatic carbocycles. The quantitative estimate of drug-likeness (QED) is 0.723. The summed E-state index contributed by atoms with van der Waals surface area (Å²) < 4.78 is 5.15. The number of rotatable bonds is 6. The van der Waals surface area contributed by atoms with Crippen LogP contribution in [0.4, 0.5) is 5.69 Å². The summed E-state index contributed by atoms with van der Waals surface area (Å²) in [5, 5.41) is 0. The lowest BCUT2D eigenvalue weighted by atomic mass is 9.98. The van der Waals surface area contributed by atoms with Gasteiger partial charge in [0.25, 0.3) is 5.91 Å². The zero-order chi connectivity index (χ0) is 19.9. The minimum Gasteiger partial charge on any atom is -0.497 e. The zero-order valence-electron chi connectivity index (χ0n) is 15.9. The van der Waals surface area contributed by atoms with Gasteiger partial charge in [0, 0.05) is 30.3 Å². The van der Waals surface area contributed by atoms with Crippen LogP contribution >= 0.6 is 0 Å². The Bertz CT molecular complexity index is 812. The van der Waals surface area contributed by atoms with Gasteiger partial charge in [-0.2, -0.15) is 0 Å². The van der Waals surface area contributed by atoms with Gasteiger partial charge in [-0.05, 0) is 49.2 Å². The van der Waals surface area contributed by atoms with Crippen LogP contribution in [0.15, 0.2) is 54.6 Å². The number of piperidine rings is 1. The van der Waals surface area contributed by atoms with Gasteiger partial charge in [-0.25, -0.2) is 0 Å². The number of ether oxygens (including phenoxy) is 1. The lowest BCUT2D eigenvalue weighted by molar-refractivity contribution is -0.132. The number of amides is 2. The van der Waals surface area contributed by atoms with Crippen molar-refractivity contribution in [2.24, 2.45) is 5.92 Å². The third kappa shape index (κ3) is 4.57. The van der Waals surface area contributed by atoms with Gasteiger partial charge < -0.3 is 14.4 Å². The minimum absolute atomic E-state index is 0.0233. The van der Waals surface area contributed by atoms with Crippen molar-refractivity contribution in [1.29, 1.82) is 0 Å². The molecule has 3 rings (SSSR count). The van der Waals surface area contributed by atoms with Crippen molar-refractivity contribution in [3.05, 3.63) is 60.2 Å². The van der Waals surface area contributed by atoms with Crippen molar-refractivity contribution in [2.45, 2.75) is 12.8 Å². The number of benzene rings is 2. The molecular weight excluding hydrogens is 356 g/mol. The summed E-state index contributed by atoms with van der Waals surface area (Å²) in [5.41, 5.74) is 1.15. The summed E-state index contributed by atoms with van der Waals surface area (Å²) in [5.74, 6) is 0.326. The van der Waals surface area contributed by atoms with Gasteiger partial charge in [-0.15, -0.1) is 0 Å². The van der Waals surface area contributed by atoms with Crippen LogP contribution in [0.25, 0.3) is 0 Å². The Morgan fingerprint density at radius 1 is 1.07 bits per heavy atom. The number of aldehydes is 1. The molecule has 0 N–H and O–H groups in total. The van der Waals surface area contributed by atoms with E-state index in [1.54, 1.807) is 36.3 Å². The molecule has 0 spiro atoms. The highest BCUT2D eigenvalue weighted by atomic mass is 16.5. The lowest BCUT2D eigenvalue weighted by Gasteiger charge is -2.32. The molecule has 2 aromatic rings. The SMILES string of the molecule is COc1ccc(C(=O)N(CC(=O)N2CCC(C=O)CC2)c2ccccc2)cc1. The number of anilines is 1. The molecule has 0 aliphatic carbocycles. The third-order valence-corrected chi connectivity index (χ3v) is 5.03. The fourth-order valence-electron chi connectivity index (χ4n) is 3.30. The Hall–Kier alpha value is -3.15. The maximum atomic E-state index is 13.1. The van der Waals surface area contributed by atoms with Gasteiger partial charge in [0.15, 0.2) is 0 Å². The van der Waals surface area contributed by atoms with E-state index in [9.17, 15) is 14.4 Å². The summed E-state index contributed by atoms with van der Waals surface area (Å²) in [6.07, 6.45) is 2.31. The molecule has 0 bridgehead atoms. The normalized spacial score (nSPS) is 14.4. The Labute approximate surface area is 164 Å². The second-order valence-electron chi connectivity index (χ2n) is 6.81. The molecule has 0 aromatic heterocycles. The standard InChI is InChI=1S/C22H24N2O4/c1-28-20-9-7-18(8-10-20)22(27)24(19-5-3-2-4-6-19)15-21(26)23-13-11-17(16-25)12-14-23/h2-10,16-17H,11-15H2,1H3. The van der Waals surface area contributed by atoms with Crippen molar-refractivity contribution in [1.82, 2.24) is 4.90 Å². The van der Waals surface area contributed by atoms with Crippen LogP contribution in [0.1, 0.15) is 23.2 Å². The second-order valence-corrected chi connectivity index (χ2v) is 6.81. The highest BCUT2D eigenvalue weighted by Gasteiger charge is 2.26. The molecule has 2 amide bonds. The highest BCUT2D eigenvalue weighted by molar-refractivity contribution is 6.08. The number of hydrogen-bond acceptors (Lipinski definition) is 4. The number of carbonyl (C=O) groups is 3. The van der Waals surface area contributed by atoms with Crippen LogP contribution in [-0.4, -0.2) is 49.7 Å². The zero-order valence-corrected chi connectivity index (χ0v) is 15.9. The van der Waals surface area contributed by atoms with Gasteiger partial charge in [0.2, 0.25) is 5.91 Å². The third-order valence-electron chi connectivity index (χ3n) is 5.03. The van der Waals surface area contributed by atoms with E-state index >= 15 is 0 Å². The topological polar surface area (TPSA) is 66.9 Å². The molecule has 6 heteroatoms. The van der Waals surface area contributed by atoms with Crippen LogP contribution < -0.4 is 9.64 Å². The largest absolute Gasteiger partial charge is 0.497 e. The van der Waals surface area contributed by atoms with E-state index in [1.165, 1.54) is 4.90 Å². The Balaban J connectivity index is 1.78. The Morgan fingerprint density at radius 2 is 1.71 bits per heavy atom. The summed E-state index contributed by atoms with van der Waals surface area (Å²) in [6, 6.07) is 16.0. The summed E-state index contributed by atoms with van der Waals surface area (Å²) >= 11 is 0. The van der Waals surface area contributed by atoms with E-state index < -0.39 is 0 Å². The monoisotopic (exact) mass is 380 g/mol. The van der Waals surface area contributed by atoms with E-state index in [4.69, 9.17) is 4.74 Å². The summed E-state index contributed by atoms with van der Waals surface area (Å²) in [7, 11) is 1.57. The predicted octanol–water partition coefficient (Wildman–Crippen LogP) is 2.78. The lowest BCUT2D eigenvalue weighted by Crippen LogP contribution is -2.46. The van der Waals surface area contributed by atoms with Crippen LogP contribution in [-0.2, 0) is 9.59 Å². The van der Waals surface area contributed by atoms with Crippen LogP contribution in [0.2, 0.25) is 0 Å². The Kier molecular flexibility index (Phi) is 6.42. The molecule has 0 atom stereocenters. The summed E-state index contributed by atoms with van der Waals surface area (Å²) in [6.45, 7) is 1.05. The number of carbonyl (C=O) groups excluding carboxylic acids is 3. The number of para-hydroxylation sites is 1. The number of methoxy groups -OCH3 is 1. The van der Waals surface area contributed by atoms with Gasteiger partial charge >= 0.3 is 0 Å². The first kappa shape index (κ1) is 19.6. The molecule has 1 aliphatic rings. The molecule has 6 nitrogen and oxygen atoms in total. The molecule has 0 saturated carbocycles. The fraction of sp³-hybridized carbons (Fsp3) is 0.318. The molecule has 0 unspecified atom stereocenters. The molecule has 1 aliphatic heterocycles. The van der Waals surface area contributed by atoms with E-state index in [0.717, 1.165) is 6.29 Å². The highest BCUT2D eigenvalue weighted by Crippen LogP contribution is 2.20. The first-order valence-corrected chi connectivity index (χ1v) is 9.36. The number of hydrogen-bond donors (Lipinski definition) is 0. The van der Waals surface area contributed by atoms with Gasteiger partial charge in [0.05, 0.1) is 7.11 Å². The van der Waals surface area contributed by atoms with Crippen molar-refractivity contribution in [3.63, 3.8) is 0 Å². The van der Waals surface area contributed by atoms with E-state index in [0.29, 0.717) is 42.9 Å². The molecule has 146 valence electrons. The van der Waals surface area contributed by atoms with E-state index in [1.807, 2.05) is 30.3 Å². The first-order valence-electron chi connectivity index (χ1n) is 9.36. The molecule has 28 heavy (non-hydrogen) atoms. The smallest absolute Gasteiger partial charge is 0.258 e. The number of likely N-dealkylation sites (tertiary alicyclic amines) is 1. The summed E-state index contributed by atoms with van der Waals surface area (Å²) in [4.78, 5) is 40.1. The minimum atomic E-state index is -0.245. The van der Waals surface area contributed by atoms with Crippen molar-refractivity contribution in [3.8, 4) is 5.75 Å². The predicted molar refractivity (Wildman–Crippen MR) is 106 cm³/mol. The molecule has 0 radical (unpaired) electrons. The first-order chi connectivity index (χ1) is 13.6. The Morgan fingerprint density at radius 3 is 2.29 bits per heavy atom. The van der Waals surface area contributed by atoms with Crippen LogP contribution in [0.5, 0.6) is 5.75 Å². The van der Waals surface area contributed by atoms with Gasteiger partial charge in [-0.1, -0.05) is 18.2 Å². The van der Waals surface area contributed by atoms with Crippen molar-refractivity contribution in [2.75, 3.05) is 31.6 Å². The van der Waals surface area contributed by atoms with E-state index in [2.05, 4.69) is 0 Å². The van der Waals surface area contributed by atoms with Crippen molar-refractivity contribution >= 4 is 23.8 Å². The van der Waals surface area contributed by atoms with Gasteiger partial charge in [0.1, 0.15) is 18.6 Å². The molecule has 1 saturated heterocycles. The average molecular weight is 380 g/mol. The van der Waals surface area contributed by atoms with E-state index in [-0.39, 0.29) is 24.3 Å². The van der Waals surface area contributed by atoms with Crippen LogP contribution in [0, 0.1) is 5.92 Å². The number of nitrogens with zero attached hydrogens (tertiary/aromatic N) is 2. The molecule has 1 fully saturated rings. The second kappa shape index (κ2) is 9.17. The van der Waals surface area contributed by atoms with Crippen molar-refractivity contribution < 1.29 is 19.1 Å². The molecular formula is C22H24N2O4. The average Bonchev–Trinajstić information content (AvgIpc) is 2.77. The fourth-order valence-corrected chi connectivity index (χ4v) is 3.30. The maximum absolute atomic E-state index is 13.1. The van der Waals surface area contributed by atoms with Crippen LogP contribution in [0.3, 0.4) is 0 Å². The van der Waals surface area contributed by atoms with Gasteiger partial charge in [-0.3, -0.25) is 14.5 Å².